The summed E-state index contributed by atoms with van der Waals surface area (Å²) in [5, 5.41) is 0. The molecule has 0 unspecified atom stereocenters. The van der Waals surface area contributed by atoms with Gasteiger partial charge in [0.15, 0.2) is 0 Å². The molecule has 0 aliphatic heterocycles. The summed E-state index contributed by atoms with van der Waals surface area (Å²) >= 11 is 0. The molecule has 22 heavy (non-hydrogen) atoms. The first-order valence-electron chi connectivity index (χ1n) is 7.82. The summed E-state index contributed by atoms with van der Waals surface area (Å²) in [6, 6.07) is 16.1. The molecule has 2 aromatic carbocycles. The molecule has 0 saturated heterocycles. The van der Waals surface area contributed by atoms with Crippen LogP contribution in [0.4, 0.5) is 0 Å². The first-order valence-corrected chi connectivity index (χ1v) is 7.82. The number of unbranched alkanes of at least 4 members (excludes halogenated alkanes) is 2. The van der Waals surface area contributed by atoms with Gasteiger partial charge in [-0.1, -0.05) is 37.6 Å². The van der Waals surface area contributed by atoms with E-state index in [0.29, 0.717) is 0 Å². The summed E-state index contributed by atoms with van der Waals surface area (Å²) in [6.45, 7) is 4.26. The number of methoxy groups -OCH3 is 1. The molecule has 0 N–H and O–H groups in total. The third-order valence-corrected chi connectivity index (χ3v) is 3.48. The predicted molar refractivity (Wildman–Crippen MR) is 92.3 cm³/mol. The standard InChI is InChI=1S/C20H24O2/c1-4-5-6-14-20(18-12-7-8-13-19(18)21-3)22-17-11-9-10-16(2)15-17/h7-15H,4-6H2,1-3H3/b20-14-. The fourth-order valence-corrected chi connectivity index (χ4v) is 2.30. The van der Waals surface area contributed by atoms with Crippen LogP contribution in [0.15, 0.2) is 54.6 Å². The van der Waals surface area contributed by atoms with Crippen molar-refractivity contribution in [3.05, 3.63) is 65.7 Å². The van der Waals surface area contributed by atoms with E-state index in [1.165, 1.54) is 12.0 Å². The Morgan fingerprint density at radius 1 is 1.09 bits per heavy atom. The summed E-state index contributed by atoms with van der Waals surface area (Å²) in [5.41, 5.74) is 2.17. The van der Waals surface area contributed by atoms with E-state index in [2.05, 4.69) is 26.0 Å². The van der Waals surface area contributed by atoms with E-state index in [1.807, 2.05) is 42.5 Å². The van der Waals surface area contributed by atoms with E-state index < -0.39 is 0 Å². The number of aryl methyl sites for hydroxylation is 1. The van der Waals surface area contributed by atoms with Gasteiger partial charge in [0.2, 0.25) is 0 Å². The Kier molecular flexibility index (Phi) is 6.08. The Hall–Kier alpha value is -2.22. The zero-order chi connectivity index (χ0) is 15.8. The minimum Gasteiger partial charge on any atom is -0.496 e. The highest BCUT2D eigenvalue weighted by Gasteiger charge is 2.10. The Balaban J connectivity index is 2.32. The van der Waals surface area contributed by atoms with Crippen LogP contribution in [0, 0.1) is 6.92 Å². The lowest BCUT2D eigenvalue weighted by Gasteiger charge is -2.14. The zero-order valence-corrected chi connectivity index (χ0v) is 13.6. The molecule has 0 amide bonds. The predicted octanol–water partition coefficient (Wildman–Crippen LogP) is 5.61. The second-order valence-corrected chi connectivity index (χ2v) is 5.33. The number of allylic oxidation sites excluding steroid dienone is 1. The molecule has 2 aromatic rings. The number of ether oxygens (including phenoxy) is 2. The molecule has 0 heterocycles. The lowest BCUT2D eigenvalue weighted by molar-refractivity contribution is 0.409. The molecule has 0 aliphatic carbocycles. The number of para-hydroxylation sites is 1. The van der Waals surface area contributed by atoms with Gasteiger partial charge in [0.05, 0.1) is 12.7 Å². The van der Waals surface area contributed by atoms with Crippen LogP contribution in [0.5, 0.6) is 11.5 Å². The van der Waals surface area contributed by atoms with Crippen LogP contribution in [0.3, 0.4) is 0 Å². The van der Waals surface area contributed by atoms with Gasteiger partial charge in [-0.3, -0.25) is 0 Å². The summed E-state index contributed by atoms with van der Waals surface area (Å²) in [5.74, 6) is 2.54. The van der Waals surface area contributed by atoms with Gasteiger partial charge in [0.1, 0.15) is 17.3 Å². The number of hydrogen-bond donors (Lipinski definition) is 0. The van der Waals surface area contributed by atoms with Crippen molar-refractivity contribution in [1.29, 1.82) is 0 Å². The van der Waals surface area contributed by atoms with Gasteiger partial charge in [-0.05, 0) is 55.7 Å². The zero-order valence-electron chi connectivity index (χ0n) is 13.6. The van der Waals surface area contributed by atoms with Crippen LogP contribution in [0.1, 0.15) is 37.3 Å². The molecule has 0 spiro atoms. The molecule has 2 rings (SSSR count). The summed E-state index contributed by atoms with van der Waals surface area (Å²) in [6.07, 6.45) is 5.47. The fraction of sp³-hybridized carbons (Fsp3) is 0.300. The summed E-state index contributed by atoms with van der Waals surface area (Å²) in [4.78, 5) is 0. The number of rotatable bonds is 7. The molecular formula is C20H24O2. The van der Waals surface area contributed by atoms with E-state index in [-0.39, 0.29) is 0 Å². The summed E-state index contributed by atoms with van der Waals surface area (Å²) < 4.78 is 11.6. The van der Waals surface area contributed by atoms with E-state index in [1.54, 1.807) is 7.11 Å². The lowest BCUT2D eigenvalue weighted by Crippen LogP contribution is -1.98. The van der Waals surface area contributed by atoms with E-state index in [4.69, 9.17) is 9.47 Å². The normalized spacial score (nSPS) is 11.3. The van der Waals surface area contributed by atoms with Gasteiger partial charge in [0.25, 0.3) is 0 Å². The molecule has 0 fully saturated rings. The molecule has 0 saturated carbocycles. The maximum Gasteiger partial charge on any atom is 0.134 e. The molecule has 116 valence electrons. The second-order valence-electron chi connectivity index (χ2n) is 5.33. The van der Waals surface area contributed by atoms with Gasteiger partial charge in [-0.25, -0.2) is 0 Å². The molecule has 0 aliphatic rings. The van der Waals surface area contributed by atoms with E-state index in [0.717, 1.165) is 35.7 Å². The smallest absolute Gasteiger partial charge is 0.134 e. The van der Waals surface area contributed by atoms with Crippen molar-refractivity contribution in [3.63, 3.8) is 0 Å². The lowest BCUT2D eigenvalue weighted by atomic mass is 10.1. The van der Waals surface area contributed by atoms with Crippen molar-refractivity contribution in [2.24, 2.45) is 0 Å². The van der Waals surface area contributed by atoms with Gasteiger partial charge in [-0.2, -0.15) is 0 Å². The van der Waals surface area contributed by atoms with E-state index >= 15 is 0 Å². The maximum absolute atomic E-state index is 6.15. The highest BCUT2D eigenvalue weighted by molar-refractivity contribution is 5.67. The van der Waals surface area contributed by atoms with E-state index in [9.17, 15) is 0 Å². The van der Waals surface area contributed by atoms with Gasteiger partial charge < -0.3 is 9.47 Å². The molecule has 0 atom stereocenters. The number of benzene rings is 2. The average molecular weight is 296 g/mol. The van der Waals surface area contributed by atoms with Crippen LogP contribution >= 0.6 is 0 Å². The van der Waals surface area contributed by atoms with Crippen LogP contribution in [0.2, 0.25) is 0 Å². The molecule has 0 radical (unpaired) electrons. The summed E-state index contributed by atoms with van der Waals surface area (Å²) in [7, 11) is 1.69. The SMILES string of the molecule is CCCC/C=C(\Oc1cccc(C)c1)c1ccccc1OC. The third-order valence-electron chi connectivity index (χ3n) is 3.48. The molecule has 0 aromatic heterocycles. The van der Waals surface area contributed by atoms with Crippen LogP contribution in [0.25, 0.3) is 5.76 Å². The molecule has 2 nitrogen and oxygen atoms in total. The van der Waals surface area contributed by atoms with Crippen LogP contribution in [-0.2, 0) is 0 Å². The van der Waals surface area contributed by atoms with Crippen molar-refractivity contribution < 1.29 is 9.47 Å². The van der Waals surface area contributed by atoms with Gasteiger partial charge >= 0.3 is 0 Å². The van der Waals surface area contributed by atoms with Gasteiger partial charge in [0, 0.05) is 0 Å². The molecule has 0 bridgehead atoms. The molecule has 2 heteroatoms. The fourth-order valence-electron chi connectivity index (χ4n) is 2.30. The number of hydrogen-bond acceptors (Lipinski definition) is 2. The Morgan fingerprint density at radius 3 is 2.64 bits per heavy atom. The van der Waals surface area contributed by atoms with Crippen LogP contribution in [-0.4, -0.2) is 7.11 Å². The Bertz CT molecular complexity index is 629. The quantitative estimate of drug-likeness (QED) is 0.488. The Labute approximate surface area is 133 Å². The topological polar surface area (TPSA) is 18.5 Å². The van der Waals surface area contributed by atoms with Crippen molar-refractivity contribution >= 4 is 5.76 Å². The highest BCUT2D eigenvalue weighted by Crippen LogP contribution is 2.29. The largest absolute Gasteiger partial charge is 0.496 e. The first-order chi connectivity index (χ1) is 10.7. The van der Waals surface area contributed by atoms with Crippen molar-refractivity contribution in [2.75, 3.05) is 7.11 Å². The van der Waals surface area contributed by atoms with Crippen molar-refractivity contribution in [2.45, 2.75) is 33.1 Å². The highest BCUT2D eigenvalue weighted by atomic mass is 16.5. The van der Waals surface area contributed by atoms with Crippen molar-refractivity contribution in [3.8, 4) is 11.5 Å². The maximum atomic E-state index is 6.15. The van der Waals surface area contributed by atoms with Gasteiger partial charge in [-0.15, -0.1) is 0 Å². The third kappa shape index (κ3) is 4.39. The minimum atomic E-state index is 0.831. The second kappa shape index (κ2) is 8.28. The Morgan fingerprint density at radius 2 is 1.91 bits per heavy atom. The van der Waals surface area contributed by atoms with Crippen LogP contribution < -0.4 is 9.47 Å². The monoisotopic (exact) mass is 296 g/mol. The molecular weight excluding hydrogens is 272 g/mol. The average Bonchev–Trinajstić information content (AvgIpc) is 2.54. The van der Waals surface area contributed by atoms with Crippen molar-refractivity contribution in [1.82, 2.24) is 0 Å². The minimum absolute atomic E-state index is 0.831. The first kappa shape index (κ1) is 16.2.